The van der Waals surface area contributed by atoms with E-state index in [4.69, 9.17) is 10.4 Å². The summed E-state index contributed by atoms with van der Waals surface area (Å²) in [5, 5.41) is 22.4. The number of nitrogens with one attached hydrogen (secondary N) is 1. The molecule has 88 valence electrons. The molecule has 0 saturated heterocycles. The van der Waals surface area contributed by atoms with Crippen LogP contribution in [0.5, 0.6) is 0 Å². The van der Waals surface area contributed by atoms with E-state index in [-0.39, 0.29) is 24.5 Å². The van der Waals surface area contributed by atoms with Gasteiger partial charge in [-0.25, -0.2) is 0 Å². The number of thiophene rings is 1. The van der Waals surface area contributed by atoms with Gasteiger partial charge in [0, 0.05) is 18.6 Å². The highest BCUT2D eigenvalue weighted by molar-refractivity contribution is 7.12. The van der Waals surface area contributed by atoms with Gasteiger partial charge in [0.25, 0.3) is 5.91 Å². The van der Waals surface area contributed by atoms with E-state index in [9.17, 15) is 4.79 Å². The minimum absolute atomic E-state index is 0.0479. The number of aliphatic hydroxyl groups excluding tert-OH is 1. The molecule has 1 aromatic rings. The van der Waals surface area contributed by atoms with Crippen LogP contribution in [0.1, 0.15) is 21.7 Å². The molecule has 0 aromatic carbocycles. The van der Waals surface area contributed by atoms with Crippen LogP contribution in [-0.4, -0.2) is 23.7 Å². The second-order valence-electron chi connectivity index (χ2n) is 3.92. The highest BCUT2D eigenvalue weighted by Gasteiger charge is 2.21. The number of nitrogens with zero attached hydrogens (tertiary/aromatic N) is 1. The molecular weight excluding hydrogens is 236 g/mol. The Kier molecular flexibility index (Phi) is 3.57. The standard InChI is InChI=1S/C12H12N2O2S/c13-6-9-3-4-17-11(9)12(16)14-10-2-1-8(5-10)7-15/h1-4,8,10,15H,5,7H2,(H,14,16)/t8-,10+/m0/s1. The average Bonchev–Trinajstić information content (AvgIpc) is 2.96. The average molecular weight is 248 g/mol. The molecule has 1 aliphatic rings. The van der Waals surface area contributed by atoms with Crippen LogP contribution < -0.4 is 5.32 Å². The third-order valence-corrected chi connectivity index (χ3v) is 3.63. The van der Waals surface area contributed by atoms with Crippen LogP contribution in [0.15, 0.2) is 23.6 Å². The van der Waals surface area contributed by atoms with Crippen molar-refractivity contribution in [1.29, 1.82) is 5.26 Å². The molecule has 0 unspecified atom stereocenters. The summed E-state index contributed by atoms with van der Waals surface area (Å²) in [7, 11) is 0. The van der Waals surface area contributed by atoms with E-state index in [1.54, 1.807) is 11.4 Å². The van der Waals surface area contributed by atoms with Crippen molar-refractivity contribution in [3.05, 3.63) is 34.0 Å². The lowest BCUT2D eigenvalue weighted by Gasteiger charge is -2.11. The van der Waals surface area contributed by atoms with Crippen molar-refractivity contribution < 1.29 is 9.90 Å². The van der Waals surface area contributed by atoms with Crippen molar-refractivity contribution in [1.82, 2.24) is 5.32 Å². The van der Waals surface area contributed by atoms with E-state index < -0.39 is 0 Å². The van der Waals surface area contributed by atoms with E-state index in [0.29, 0.717) is 10.4 Å². The Labute approximate surface area is 103 Å². The van der Waals surface area contributed by atoms with Gasteiger partial charge in [0.2, 0.25) is 0 Å². The summed E-state index contributed by atoms with van der Waals surface area (Å²) in [4.78, 5) is 12.3. The normalized spacial score (nSPS) is 22.4. The van der Waals surface area contributed by atoms with Gasteiger partial charge in [-0.05, 0) is 17.9 Å². The van der Waals surface area contributed by atoms with Crippen LogP contribution in [0.25, 0.3) is 0 Å². The quantitative estimate of drug-likeness (QED) is 0.791. The van der Waals surface area contributed by atoms with Gasteiger partial charge in [-0.15, -0.1) is 11.3 Å². The van der Waals surface area contributed by atoms with Crippen LogP contribution >= 0.6 is 11.3 Å². The maximum absolute atomic E-state index is 11.9. The van der Waals surface area contributed by atoms with Gasteiger partial charge < -0.3 is 10.4 Å². The molecule has 5 heteroatoms. The Hall–Kier alpha value is -1.64. The highest BCUT2D eigenvalue weighted by Crippen LogP contribution is 2.19. The van der Waals surface area contributed by atoms with Crippen molar-refractivity contribution in [3.63, 3.8) is 0 Å². The molecule has 1 heterocycles. The molecule has 2 atom stereocenters. The summed E-state index contributed by atoms with van der Waals surface area (Å²) in [6.07, 6.45) is 4.51. The maximum atomic E-state index is 11.9. The van der Waals surface area contributed by atoms with Crippen LogP contribution in [0.2, 0.25) is 0 Å². The predicted molar refractivity (Wildman–Crippen MR) is 64.6 cm³/mol. The van der Waals surface area contributed by atoms with Gasteiger partial charge in [-0.1, -0.05) is 12.2 Å². The highest BCUT2D eigenvalue weighted by atomic mass is 32.1. The van der Waals surface area contributed by atoms with Gasteiger partial charge in [-0.2, -0.15) is 5.26 Å². The molecule has 0 spiro atoms. The number of carbonyl (C=O) groups excluding carboxylic acids is 1. The first-order chi connectivity index (χ1) is 8.24. The minimum Gasteiger partial charge on any atom is -0.396 e. The Morgan fingerprint density at radius 2 is 2.47 bits per heavy atom. The zero-order chi connectivity index (χ0) is 12.3. The topological polar surface area (TPSA) is 73.1 Å². The predicted octanol–water partition coefficient (Wildman–Crippen LogP) is 1.29. The van der Waals surface area contributed by atoms with E-state index in [0.717, 1.165) is 6.42 Å². The zero-order valence-electron chi connectivity index (χ0n) is 9.09. The lowest BCUT2D eigenvalue weighted by atomic mass is 10.1. The second-order valence-corrected chi connectivity index (χ2v) is 4.83. The van der Waals surface area contributed by atoms with Crippen molar-refractivity contribution in [2.24, 2.45) is 5.92 Å². The van der Waals surface area contributed by atoms with Crippen LogP contribution in [-0.2, 0) is 0 Å². The van der Waals surface area contributed by atoms with Crippen molar-refractivity contribution in [3.8, 4) is 6.07 Å². The number of rotatable bonds is 3. The fraction of sp³-hybridized carbons (Fsp3) is 0.333. The van der Waals surface area contributed by atoms with Gasteiger partial charge in [0.15, 0.2) is 0 Å². The van der Waals surface area contributed by atoms with Gasteiger partial charge >= 0.3 is 0 Å². The first-order valence-electron chi connectivity index (χ1n) is 5.32. The number of hydrogen-bond donors (Lipinski definition) is 2. The molecule has 4 nitrogen and oxygen atoms in total. The summed E-state index contributed by atoms with van der Waals surface area (Å²) >= 11 is 1.26. The second kappa shape index (κ2) is 5.13. The first-order valence-corrected chi connectivity index (χ1v) is 6.20. The minimum atomic E-state index is -0.218. The molecule has 1 aromatic heterocycles. The summed E-state index contributed by atoms with van der Waals surface area (Å²) in [5.41, 5.74) is 0.410. The smallest absolute Gasteiger partial charge is 0.263 e. The number of aliphatic hydroxyl groups is 1. The van der Waals surface area contributed by atoms with Crippen molar-refractivity contribution >= 4 is 17.2 Å². The van der Waals surface area contributed by atoms with Crippen LogP contribution in [0.3, 0.4) is 0 Å². The zero-order valence-corrected chi connectivity index (χ0v) is 9.91. The van der Waals surface area contributed by atoms with Gasteiger partial charge in [0.05, 0.1) is 5.56 Å². The largest absolute Gasteiger partial charge is 0.396 e. The van der Waals surface area contributed by atoms with E-state index in [1.807, 2.05) is 18.2 Å². The van der Waals surface area contributed by atoms with Crippen molar-refractivity contribution in [2.45, 2.75) is 12.5 Å². The first kappa shape index (κ1) is 11.8. The number of hydrogen-bond acceptors (Lipinski definition) is 4. The van der Waals surface area contributed by atoms with Crippen molar-refractivity contribution in [2.75, 3.05) is 6.61 Å². The van der Waals surface area contributed by atoms with E-state index >= 15 is 0 Å². The molecule has 17 heavy (non-hydrogen) atoms. The maximum Gasteiger partial charge on any atom is 0.263 e. The lowest BCUT2D eigenvalue weighted by Crippen LogP contribution is -2.32. The fourth-order valence-electron chi connectivity index (χ4n) is 1.82. The monoisotopic (exact) mass is 248 g/mol. The summed E-state index contributed by atoms with van der Waals surface area (Å²) in [6.45, 7) is 0.102. The number of amides is 1. The molecule has 0 radical (unpaired) electrons. The molecule has 1 amide bonds. The van der Waals surface area contributed by atoms with Gasteiger partial charge in [0.1, 0.15) is 10.9 Å². The summed E-state index contributed by atoms with van der Waals surface area (Å²) in [5.74, 6) is -0.0936. The molecule has 0 fully saturated rings. The molecule has 2 N–H and O–H groups in total. The Balaban J connectivity index is 2.00. The Morgan fingerprint density at radius 3 is 3.12 bits per heavy atom. The third-order valence-electron chi connectivity index (χ3n) is 2.72. The van der Waals surface area contributed by atoms with Gasteiger partial charge in [-0.3, -0.25) is 4.79 Å². The Bertz CT molecular complexity index is 487. The molecule has 0 bridgehead atoms. The summed E-state index contributed by atoms with van der Waals surface area (Å²) < 4.78 is 0. The fourth-order valence-corrected chi connectivity index (χ4v) is 2.57. The Morgan fingerprint density at radius 1 is 1.65 bits per heavy atom. The lowest BCUT2D eigenvalue weighted by molar-refractivity contribution is 0.0945. The molecule has 2 rings (SSSR count). The third kappa shape index (κ3) is 2.54. The van der Waals surface area contributed by atoms with E-state index in [2.05, 4.69) is 5.32 Å². The van der Waals surface area contributed by atoms with Crippen LogP contribution in [0, 0.1) is 17.2 Å². The van der Waals surface area contributed by atoms with E-state index in [1.165, 1.54) is 11.3 Å². The SMILES string of the molecule is N#Cc1ccsc1C(=O)N[C@@H]1C=C[C@H](CO)C1. The van der Waals surface area contributed by atoms with Crippen LogP contribution in [0.4, 0.5) is 0 Å². The molecule has 0 aliphatic heterocycles. The molecular formula is C12H12N2O2S. The molecule has 0 saturated carbocycles. The molecule has 1 aliphatic carbocycles. The number of nitriles is 1. The summed E-state index contributed by atoms with van der Waals surface area (Å²) in [6, 6.07) is 3.58. The number of carbonyl (C=O) groups is 1.